The third-order valence-electron chi connectivity index (χ3n) is 6.86. The Bertz CT molecular complexity index is 1740. The lowest BCUT2D eigenvalue weighted by atomic mass is 9.99. The quantitative estimate of drug-likeness (QED) is 0.269. The van der Waals surface area contributed by atoms with Gasteiger partial charge in [-0.05, 0) is 48.4 Å². The fraction of sp³-hybridized carbons (Fsp3) is 0.194. The largest absolute Gasteiger partial charge is 0.493 e. The molecule has 0 fully saturated rings. The van der Waals surface area contributed by atoms with Crippen LogP contribution in [-0.2, 0) is 9.59 Å². The van der Waals surface area contributed by atoms with Crippen LogP contribution in [0.15, 0.2) is 72.4 Å². The van der Waals surface area contributed by atoms with Crippen LogP contribution in [0.3, 0.4) is 0 Å². The third kappa shape index (κ3) is 5.16. The van der Waals surface area contributed by atoms with E-state index in [1.54, 1.807) is 49.7 Å². The maximum absolute atomic E-state index is 13.4. The number of hydrogen-bond acceptors (Lipinski definition) is 7. The van der Waals surface area contributed by atoms with Crippen LogP contribution in [0.4, 0.5) is 15.8 Å². The summed E-state index contributed by atoms with van der Waals surface area (Å²) in [5, 5.41) is 3.54. The molecule has 1 aromatic heterocycles. The fourth-order valence-corrected chi connectivity index (χ4v) is 5.15. The molecule has 0 bridgehead atoms. The second kappa shape index (κ2) is 11.2. The Kier molecular flexibility index (Phi) is 7.30. The maximum Gasteiger partial charge on any atom is 0.263 e. The van der Waals surface area contributed by atoms with Crippen LogP contribution in [0.5, 0.6) is 28.7 Å². The summed E-state index contributed by atoms with van der Waals surface area (Å²) in [4.78, 5) is 32.3. The first-order valence-electron chi connectivity index (χ1n) is 13.2. The van der Waals surface area contributed by atoms with E-state index in [1.165, 1.54) is 29.2 Å². The molecule has 0 aliphatic carbocycles. The van der Waals surface area contributed by atoms with Crippen LogP contribution in [-0.4, -0.2) is 43.7 Å². The van der Waals surface area contributed by atoms with Gasteiger partial charge in [0, 0.05) is 30.6 Å². The van der Waals surface area contributed by atoms with Gasteiger partial charge in [0.1, 0.15) is 36.1 Å². The van der Waals surface area contributed by atoms with Crippen LogP contribution >= 0.6 is 11.6 Å². The predicted octanol–water partition coefficient (Wildman–Crippen LogP) is 6.15. The number of anilines is 2. The summed E-state index contributed by atoms with van der Waals surface area (Å²) in [6.45, 7) is 3.01. The number of methoxy groups -OCH3 is 1. The minimum atomic E-state index is -0.605. The van der Waals surface area contributed by atoms with E-state index in [4.69, 9.17) is 30.5 Å². The van der Waals surface area contributed by atoms with E-state index >= 15 is 0 Å². The average Bonchev–Trinajstić information content (AvgIpc) is 2.99. The molecule has 3 heterocycles. The van der Waals surface area contributed by atoms with Gasteiger partial charge in [-0.1, -0.05) is 24.6 Å². The highest BCUT2D eigenvalue weighted by atomic mass is 35.5. The number of carbonyl (C=O) groups is 2. The molecule has 9 nitrogen and oxygen atoms in total. The number of nitrogens with one attached hydrogen (secondary N) is 1. The number of amides is 2. The first-order chi connectivity index (χ1) is 20.3. The normalized spacial score (nSPS) is 16.2. The SMILES string of the molecule is COc1cc2nccc(Oc3ccc(NC(=O)C4=CC(C)CN(c5ccc(F)cc5)C4=O)c(Cl)c3)c2c2c1OCCO2. The molecule has 2 aliphatic heterocycles. The number of aromatic nitrogens is 1. The Morgan fingerprint density at radius 3 is 2.57 bits per heavy atom. The molecule has 0 spiro atoms. The molecule has 1 atom stereocenters. The molecular formula is C31H25ClFN3O6. The number of pyridine rings is 1. The first-order valence-corrected chi connectivity index (χ1v) is 13.5. The molecule has 1 N–H and O–H groups in total. The summed E-state index contributed by atoms with van der Waals surface area (Å²) in [5.41, 5.74) is 1.37. The molecule has 1 unspecified atom stereocenters. The highest BCUT2D eigenvalue weighted by Gasteiger charge is 2.31. The summed E-state index contributed by atoms with van der Waals surface area (Å²) < 4.78 is 36.7. The first kappa shape index (κ1) is 27.3. The minimum Gasteiger partial charge on any atom is -0.493 e. The molecule has 0 saturated heterocycles. The van der Waals surface area contributed by atoms with Crippen molar-refractivity contribution < 1.29 is 32.9 Å². The zero-order valence-electron chi connectivity index (χ0n) is 22.6. The Morgan fingerprint density at radius 1 is 1.07 bits per heavy atom. The van der Waals surface area contributed by atoms with Crippen molar-refractivity contribution in [1.29, 1.82) is 0 Å². The van der Waals surface area contributed by atoms with Crippen molar-refractivity contribution in [1.82, 2.24) is 4.98 Å². The molecule has 3 aromatic carbocycles. The van der Waals surface area contributed by atoms with Gasteiger partial charge in [0.2, 0.25) is 5.75 Å². The molecule has 214 valence electrons. The van der Waals surface area contributed by atoms with E-state index in [0.29, 0.717) is 70.8 Å². The third-order valence-corrected chi connectivity index (χ3v) is 7.17. The van der Waals surface area contributed by atoms with Crippen LogP contribution in [0.25, 0.3) is 10.9 Å². The van der Waals surface area contributed by atoms with Crippen LogP contribution in [0.1, 0.15) is 6.92 Å². The van der Waals surface area contributed by atoms with Gasteiger partial charge in [-0.25, -0.2) is 4.39 Å². The lowest BCUT2D eigenvalue weighted by molar-refractivity contribution is -0.120. The number of fused-ring (bicyclic) bond motifs is 3. The van der Waals surface area contributed by atoms with E-state index < -0.39 is 17.6 Å². The van der Waals surface area contributed by atoms with Crippen molar-refractivity contribution in [3.05, 3.63) is 83.3 Å². The number of carbonyl (C=O) groups excluding carboxylic acids is 2. The number of ether oxygens (including phenoxy) is 4. The molecule has 0 saturated carbocycles. The fourth-order valence-electron chi connectivity index (χ4n) is 4.93. The minimum absolute atomic E-state index is 0.0276. The van der Waals surface area contributed by atoms with Gasteiger partial charge >= 0.3 is 0 Å². The van der Waals surface area contributed by atoms with Crippen molar-refractivity contribution >= 4 is 45.7 Å². The van der Waals surface area contributed by atoms with Crippen molar-refractivity contribution in [2.45, 2.75) is 6.92 Å². The monoisotopic (exact) mass is 589 g/mol. The zero-order chi connectivity index (χ0) is 29.4. The highest BCUT2D eigenvalue weighted by Crippen LogP contribution is 2.48. The number of benzene rings is 3. The van der Waals surface area contributed by atoms with E-state index in [1.807, 2.05) is 6.92 Å². The number of halogens is 2. The summed E-state index contributed by atoms with van der Waals surface area (Å²) in [6.07, 6.45) is 3.23. The zero-order valence-corrected chi connectivity index (χ0v) is 23.4. The smallest absolute Gasteiger partial charge is 0.263 e. The molecule has 11 heteroatoms. The van der Waals surface area contributed by atoms with Crippen LogP contribution in [0, 0.1) is 11.7 Å². The lowest BCUT2D eigenvalue weighted by Gasteiger charge is -2.30. The van der Waals surface area contributed by atoms with Gasteiger partial charge in [0.25, 0.3) is 11.8 Å². The Hall–Kier alpha value is -4.83. The van der Waals surface area contributed by atoms with Crippen molar-refractivity contribution in [3.63, 3.8) is 0 Å². The van der Waals surface area contributed by atoms with Gasteiger partial charge in [-0.15, -0.1) is 0 Å². The lowest BCUT2D eigenvalue weighted by Crippen LogP contribution is -2.42. The average molecular weight is 590 g/mol. The number of hydrogen-bond donors (Lipinski definition) is 1. The number of rotatable bonds is 6. The van der Waals surface area contributed by atoms with Crippen LogP contribution in [0.2, 0.25) is 5.02 Å². The van der Waals surface area contributed by atoms with Gasteiger partial charge in [0.05, 0.1) is 28.7 Å². The van der Waals surface area contributed by atoms with Crippen LogP contribution < -0.4 is 29.2 Å². The van der Waals surface area contributed by atoms with E-state index in [0.717, 1.165) is 0 Å². The summed E-state index contributed by atoms with van der Waals surface area (Å²) >= 11 is 6.54. The van der Waals surface area contributed by atoms with Gasteiger partial charge in [0.15, 0.2) is 11.5 Å². The Labute approximate surface area is 245 Å². The topological polar surface area (TPSA) is 99.2 Å². The van der Waals surface area contributed by atoms with Crippen molar-refractivity contribution in [2.24, 2.45) is 5.92 Å². The van der Waals surface area contributed by atoms with Gasteiger partial charge < -0.3 is 29.2 Å². The molecule has 42 heavy (non-hydrogen) atoms. The Balaban J connectivity index is 1.23. The van der Waals surface area contributed by atoms with E-state index in [9.17, 15) is 14.0 Å². The summed E-state index contributed by atoms with van der Waals surface area (Å²) in [7, 11) is 1.55. The van der Waals surface area contributed by atoms with E-state index in [-0.39, 0.29) is 16.5 Å². The molecule has 0 radical (unpaired) electrons. The molecule has 4 aromatic rings. The standard InChI is InChI=1S/C31H25ClFN3O6/c1-17-13-21(31(38)36(16-17)19-5-3-18(33)4-6-19)30(37)35-23-8-7-20(14-22(23)32)42-25-9-10-34-24-15-26(39-2)28-29(27(24)25)41-12-11-40-28/h3-10,13-15,17H,11-12,16H2,1-2H3,(H,35,37). The molecule has 6 rings (SSSR count). The summed E-state index contributed by atoms with van der Waals surface area (Å²) in [6, 6.07) is 13.8. The van der Waals surface area contributed by atoms with Gasteiger partial charge in [-0.2, -0.15) is 0 Å². The van der Waals surface area contributed by atoms with E-state index in [2.05, 4.69) is 10.3 Å². The maximum atomic E-state index is 13.4. The molecule has 2 amide bonds. The van der Waals surface area contributed by atoms with Crippen molar-refractivity contribution in [2.75, 3.05) is 37.1 Å². The Morgan fingerprint density at radius 2 is 1.83 bits per heavy atom. The second-order valence-corrected chi connectivity index (χ2v) is 10.2. The second-order valence-electron chi connectivity index (χ2n) is 9.78. The molecular weight excluding hydrogens is 565 g/mol. The van der Waals surface area contributed by atoms with Crippen molar-refractivity contribution in [3.8, 4) is 28.7 Å². The predicted molar refractivity (Wildman–Crippen MR) is 155 cm³/mol. The van der Waals surface area contributed by atoms with Gasteiger partial charge in [-0.3, -0.25) is 14.6 Å². The molecule has 2 aliphatic rings. The summed E-state index contributed by atoms with van der Waals surface area (Å²) in [5.74, 6) is 0.719. The number of nitrogens with zero attached hydrogens (tertiary/aromatic N) is 2. The highest BCUT2D eigenvalue weighted by molar-refractivity contribution is 6.35.